The van der Waals surface area contributed by atoms with Crippen molar-refractivity contribution in [2.45, 2.75) is 20.4 Å². The first-order valence-corrected chi connectivity index (χ1v) is 9.48. The Balaban J connectivity index is 2.15. The highest BCUT2D eigenvalue weighted by atomic mass is 32.2. The molecule has 0 unspecified atom stereocenters. The molecule has 24 heavy (non-hydrogen) atoms. The molecule has 1 N–H and O–H groups in total. The standard InChI is InChI=1S/C18H22N2O3S/c1-14-9-10-15(2)17(11-14)20(24(3,22)23)13-18(21)19-12-16-7-5-4-6-8-16/h4-11H,12-13H2,1-3H3,(H,19,21). The highest BCUT2D eigenvalue weighted by Gasteiger charge is 2.22. The molecule has 2 rings (SSSR count). The molecule has 0 aliphatic carbocycles. The van der Waals surface area contributed by atoms with Gasteiger partial charge in [0.05, 0.1) is 11.9 Å². The molecule has 5 nitrogen and oxygen atoms in total. The van der Waals surface area contributed by atoms with Gasteiger partial charge in [-0.15, -0.1) is 0 Å². The van der Waals surface area contributed by atoms with Crippen LogP contribution in [0.4, 0.5) is 5.69 Å². The third-order valence-corrected chi connectivity index (χ3v) is 4.78. The Labute approximate surface area is 143 Å². The quantitative estimate of drug-likeness (QED) is 0.873. The van der Waals surface area contributed by atoms with Crippen molar-refractivity contribution in [2.24, 2.45) is 0 Å². The van der Waals surface area contributed by atoms with Crippen LogP contribution in [0, 0.1) is 13.8 Å². The molecule has 0 aromatic heterocycles. The second kappa shape index (κ2) is 7.49. The molecular formula is C18H22N2O3S. The molecule has 0 spiro atoms. The Kier molecular flexibility index (Phi) is 5.62. The number of nitrogens with zero attached hydrogens (tertiary/aromatic N) is 1. The van der Waals surface area contributed by atoms with Crippen molar-refractivity contribution in [3.8, 4) is 0 Å². The third-order valence-electron chi connectivity index (χ3n) is 3.65. The van der Waals surface area contributed by atoms with Gasteiger partial charge < -0.3 is 5.32 Å². The predicted molar refractivity (Wildman–Crippen MR) is 96.4 cm³/mol. The van der Waals surface area contributed by atoms with Gasteiger partial charge in [-0.25, -0.2) is 8.42 Å². The van der Waals surface area contributed by atoms with Gasteiger partial charge in [0.1, 0.15) is 6.54 Å². The van der Waals surface area contributed by atoms with Crippen molar-refractivity contribution in [1.29, 1.82) is 0 Å². The Morgan fingerprint density at radius 3 is 2.38 bits per heavy atom. The van der Waals surface area contributed by atoms with E-state index in [9.17, 15) is 13.2 Å². The summed E-state index contributed by atoms with van der Waals surface area (Å²) in [6, 6.07) is 15.0. The summed E-state index contributed by atoms with van der Waals surface area (Å²) in [7, 11) is -3.56. The van der Waals surface area contributed by atoms with Gasteiger partial charge >= 0.3 is 0 Å². The zero-order valence-corrected chi connectivity index (χ0v) is 14.9. The topological polar surface area (TPSA) is 66.5 Å². The van der Waals surface area contributed by atoms with Crippen LogP contribution >= 0.6 is 0 Å². The lowest BCUT2D eigenvalue weighted by atomic mass is 10.1. The summed E-state index contributed by atoms with van der Waals surface area (Å²) in [5, 5.41) is 2.76. The van der Waals surface area contributed by atoms with Crippen molar-refractivity contribution in [3.63, 3.8) is 0 Å². The zero-order chi connectivity index (χ0) is 17.7. The molecule has 6 heteroatoms. The van der Waals surface area contributed by atoms with Crippen LogP contribution in [0.1, 0.15) is 16.7 Å². The number of rotatable bonds is 6. The van der Waals surface area contributed by atoms with Crippen LogP contribution in [-0.2, 0) is 21.4 Å². The van der Waals surface area contributed by atoms with Gasteiger partial charge in [0.25, 0.3) is 0 Å². The number of carbonyl (C=O) groups excluding carboxylic acids is 1. The van der Waals surface area contributed by atoms with Crippen molar-refractivity contribution in [3.05, 3.63) is 65.2 Å². The largest absolute Gasteiger partial charge is 0.350 e. The Morgan fingerprint density at radius 2 is 1.75 bits per heavy atom. The maximum Gasteiger partial charge on any atom is 0.241 e. The number of sulfonamides is 1. The zero-order valence-electron chi connectivity index (χ0n) is 14.1. The molecule has 1 amide bonds. The van der Waals surface area contributed by atoms with Crippen molar-refractivity contribution in [2.75, 3.05) is 17.1 Å². The molecule has 0 saturated carbocycles. The second-order valence-electron chi connectivity index (χ2n) is 5.82. The number of hydrogen-bond donors (Lipinski definition) is 1. The van der Waals surface area contributed by atoms with E-state index in [1.807, 2.05) is 56.3 Å². The normalized spacial score (nSPS) is 11.1. The lowest BCUT2D eigenvalue weighted by molar-refractivity contribution is -0.119. The summed E-state index contributed by atoms with van der Waals surface area (Å²) < 4.78 is 25.5. The number of hydrogen-bond acceptors (Lipinski definition) is 3. The summed E-state index contributed by atoms with van der Waals surface area (Å²) in [5.41, 5.74) is 3.24. The van der Waals surface area contributed by atoms with E-state index in [2.05, 4.69) is 5.32 Å². The summed E-state index contributed by atoms with van der Waals surface area (Å²) in [6.07, 6.45) is 1.11. The van der Waals surface area contributed by atoms with Crippen molar-refractivity contribution < 1.29 is 13.2 Å². The molecule has 0 heterocycles. The fourth-order valence-electron chi connectivity index (χ4n) is 2.35. The molecule has 2 aromatic rings. The SMILES string of the molecule is Cc1ccc(C)c(N(CC(=O)NCc2ccccc2)S(C)(=O)=O)c1. The van der Waals surface area contributed by atoms with Gasteiger partial charge in [0, 0.05) is 6.54 Å². The number of anilines is 1. The number of benzene rings is 2. The monoisotopic (exact) mass is 346 g/mol. The van der Waals surface area contributed by atoms with Crippen LogP contribution < -0.4 is 9.62 Å². The molecule has 128 valence electrons. The van der Waals surface area contributed by atoms with Gasteiger partial charge in [-0.2, -0.15) is 0 Å². The Hall–Kier alpha value is -2.34. The highest BCUT2D eigenvalue weighted by Crippen LogP contribution is 2.23. The van der Waals surface area contributed by atoms with Gasteiger partial charge in [0.15, 0.2) is 0 Å². The lowest BCUT2D eigenvalue weighted by Crippen LogP contribution is -2.40. The predicted octanol–water partition coefficient (Wildman–Crippen LogP) is 2.39. The lowest BCUT2D eigenvalue weighted by Gasteiger charge is -2.24. The van der Waals surface area contributed by atoms with E-state index in [4.69, 9.17) is 0 Å². The Morgan fingerprint density at radius 1 is 1.08 bits per heavy atom. The second-order valence-corrected chi connectivity index (χ2v) is 7.73. The fraction of sp³-hybridized carbons (Fsp3) is 0.278. The summed E-state index contributed by atoms with van der Waals surface area (Å²) in [4.78, 5) is 12.2. The summed E-state index contributed by atoms with van der Waals surface area (Å²) in [5.74, 6) is -0.342. The number of carbonyl (C=O) groups is 1. The third kappa shape index (κ3) is 4.83. The molecule has 0 aliphatic rings. The molecule has 0 bridgehead atoms. The highest BCUT2D eigenvalue weighted by molar-refractivity contribution is 7.92. The minimum Gasteiger partial charge on any atom is -0.350 e. The summed E-state index contributed by atoms with van der Waals surface area (Å²) >= 11 is 0. The molecular weight excluding hydrogens is 324 g/mol. The van der Waals surface area contributed by atoms with E-state index in [0.29, 0.717) is 12.2 Å². The summed E-state index contributed by atoms with van der Waals surface area (Å²) in [6.45, 7) is 3.84. The molecule has 0 aliphatic heterocycles. The minimum absolute atomic E-state index is 0.240. The van der Waals surface area contributed by atoms with Crippen LogP contribution in [0.3, 0.4) is 0 Å². The molecule has 2 aromatic carbocycles. The van der Waals surface area contributed by atoms with Gasteiger partial charge in [0.2, 0.25) is 15.9 Å². The van der Waals surface area contributed by atoms with Crippen molar-refractivity contribution >= 4 is 21.6 Å². The van der Waals surface area contributed by atoms with Gasteiger partial charge in [-0.3, -0.25) is 9.10 Å². The fourth-order valence-corrected chi connectivity index (χ4v) is 3.26. The minimum atomic E-state index is -3.56. The van der Waals surface area contributed by atoms with Crippen LogP contribution in [0.2, 0.25) is 0 Å². The Bertz CT molecular complexity index is 817. The first-order valence-electron chi connectivity index (χ1n) is 7.63. The van der Waals surface area contributed by atoms with E-state index in [1.54, 1.807) is 6.07 Å². The van der Waals surface area contributed by atoms with Gasteiger partial charge in [-0.05, 0) is 36.6 Å². The molecule has 0 atom stereocenters. The average molecular weight is 346 g/mol. The van der Waals surface area contributed by atoms with Crippen LogP contribution in [-0.4, -0.2) is 27.1 Å². The van der Waals surface area contributed by atoms with E-state index >= 15 is 0 Å². The maximum atomic E-state index is 12.2. The maximum absolute atomic E-state index is 12.2. The van der Waals surface area contributed by atoms with Crippen LogP contribution in [0.25, 0.3) is 0 Å². The van der Waals surface area contributed by atoms with E-state index in [1.165, 1.54) is 0 Å². The smallest absolute Gasteiger partial charge is 0.241 e. The number of aryl methyl sites for hydroxylation is 2. The molecule has 0 fully saturated rings. The van der Waals surface area contributed by atoms with Crippen LogP contribution in [0.5, 0.6) is 0 Å². The van der Waals surface area contributed by atoms with Crippen LogP contribution in [0.15, 0.2) is 48.5 Å². The first kappa shape index (κ1) is 18.0. The van der Waals surface area contributed by atoms with E-state index in [0.717, 1.165) is 27.3 Å². The first-order chi connectivity index (χ1) is 11.3. The number of nitrogens with one attached hydrogen (secondary N) is 1. The van der Waals surface area contributed by atoms with E-state index < -0.39 is 10.0 Å². The van der Waals surface area contributed by atoms with Crippen molar-refractivity contribution in [1.82, 2.24) is 5.32 Å². The average Bonchev–Trinajstić information content (AvgIpc) is 2.53. The van der Waals surface area contributed by atoms with E-state index in [-0.39, 0.29) is 12.5 Å². The number of amides is 1. The molecule has 0 radical (unpaired) electrons. The molecule has 0 saturated heterocycles. The van der Waals surface area contributed by atoms with Gasteiger partial charge in [-0.1, -0.05) is 42.5 Å².